The van der Waals surface area contributed by atoms with Crippen LogP contribution in [0.4, 0.5) is 23.2 Å². The number of aromatic nitrogens is 4. The Hall–Kier alpha value is -4.02. The fraction of sp³-hybridized carbons (Fsp3) is 0.250. The lowest BCUT2D eigenvalue weighted by molar-refractivity contribution is -0.144. The van der Waals surface area contributed by atoms with Crippen LogP contribution in [0.1, 0.15) is 41.4 Å². The second-order valence-electron chi connectivity index (χ2n) is 8.40. The highest BCUT2D eigenvalue weighted by Crippen LogP contribution is 2.29. The van der Waals surface area contributed by atoms with Gasteiger partial charge in [0.15, 0.2) is 5.82 Å². The van der Waals surface area contributed by atoms with Gasteiger partial charge in [-0.3, -0.25) is 19.1 Å². The Morgan fingerprint density at radius 2 is 1.86 bits per heavy atom. The van der Waals surface area contributed by atoms with Gasteiger partial charge in [0.1, 0.15) is 22.7 Å². The van der Waals surface area contributed by atoms with Crippen molar-refractivity contribution in [3.05, 3.63) is 87.6 Å². The first-order chi connectivity index (χ1) is 16.5. The Balaban J connectivity index is 1.76. The standard InChI is InChI=1S/C24H21F4N5O2/c1-13(2)10-17-21-20(15(25)11-29-17)31-19(32-21)12-33-18(24(26,27)28)9-8-16(23(33)35)30-22(34)14-6-4-3-5-7-14/h3-9,11,13H,10,12H2,1-2H3,(H,30,34)(H,31,32). The molecule has 7 nitrogen and oxygen atoms in total. The van der Waals surface area contributed by atoms with Crippen LogP contribution in [0.5, 0.6) is 0 Å². The average molecular weight is 487 g/mol. The summed E-state index contributed by atoms with van der Waals surface area (Å²) in [6.07, 6.45) is -3.35. The van der Waals surface area contributed by atoms with Crippen molar-refractivity contribution in [2.75, 3.05) is 5.32 Å². The van der Waals surface area contributed by atoms with E-state index in [9.17, 15) is 27.2 Å². The number of nitrogens with zero attached hydrogens (tertiary/aromatic N) is 3. The number of alkyl halides is 3. The first-order valence-corrected chi connectivity index (χ1v) is 10.7. The van der Waals surface area contributed by atoms with E-state index in [1.165, 1.54) is 12.1 Å². The van der Waals surface area contributed by atoms with E-state index in [0.29, 0.717) is 22.7 Å². The molecule has 0 aliphatic carbocycles. The van der Waals surface area contributed by atoms with Crippen LogP contribution in [0.25, 0.3) is 11.0 Å². The van der Waals surface area contributed by atoms with Crippen LogP contribution in [-0.2, 0) is 19.1 Å². The summed E-state index contributed by atoms with van der Waals surface area (Å²) < 4.78 is 55.9. The second-order valence-corrected chi connectivity index (χ2v) is 8.40. The molecule has 0 saturated heterocycles. The molecule has 35 heavy (non-hydrogen) atoms. The van der Waals surface area contributed by atoms with Gasteiger partial charge >= 0.3 is 6.18 Å². The number of rotatable bonds is 6. The summed E-state index contributed by atoms with van der Waals surface area (Å²) in [5, 5.41) is 2.36. The molecule has 0 bridgehead atoms. The molecule has 11 heteroatoms. The predicted octanol–water partition coefficient (Wildman–Crippen LogP) is 4.78. The Kier molecular flexibility index (Phi) is 6.42. The Morgan fingerprint density at radius 1 is 1.14 bits per heavy atom. The van der Waals surface area contributed by atoms with Crippen LogP contribution in [0.2, 0.25) is 0 Å². The lowest BCUT2D eigenvalue weighted by Gasteiger charge is -2.16. The zero-order chi connectivity index (χ0) is 25.3. The molecule has 0 unspecified atom stereocenters. The molecule has 3 aromatic heterocycles. The summed E-state index contributed by atoms with van der Waals surface area (Å²) in [6.45, 7) is 3.26. The van der Waals surface area contributed by atoms with Crippen molar-refractivity contribution in [2.45, 2.75) is 33.0 Å². The van der Waals surface area contributed by atoms with Crippen LogP contribution >= 0.6 is 0 Å². The molecule has 0 spiro atoms. The maximum Gasteiger partial charge on any atom is 0.431 e. The number of benzene rings is 1. The number of H-pyrrole nitrogens is 1. The molecule has 182 valence electrons. The number of pyridine rings is 2. The zero-order valence-corrected chi connectivity index (χ0v) is 18.8. The van der Waals surface area contributed by atoms with Crippen LogP contribution in [0.3, 0.4) is 0 Å². The zero-order valence-electron chi connectivity index (χ0n) is 18.8. The van der Waals surface area contributed by atoms with Crippen molar-refractivity contribution in [1.82, 2.24) is 19.5 Å². The topological polar surface area (TPSA) is 92.7 Å². The summed E-state index contributed by atoms with van der Waals surface area (Å²) in [5.74, 6) is -1.25. The minimum atomic E-state index is -4.86. The molecular weight excluding hydrogens is 466 g/mol. The van der Waals surface area contributed by atoms with E-state index in [0.717, 1.165) is 12.3 Å². The molecule has 0 saturated carbocycles. The number of anilines is 1. The fourth-order valence-electron chi connectivity index (χ4n) is 3.69. The van der Waals surface area contributed by atoms with Crippen LogP contribution < -0.4 is 10.9 Å². The number of fused-ring (bicyclic) bond motifs is 1. The predicted molar refractivity (Wildman–Crippen MR) is 122 cm³/mol. The third-order valence-corrected chi connectivity index (χ3v) is 5.26. The maximum atomic E-state index is 14.3. The van der Waals surface area contributed by atoms with Gasteiger partial charge in [0.05, 0.1) is 24.0 Å². The highest BCUT2D eigenvalue weighted by atomic mass is 19.4. The third kappa shape index (κ3) is 5.08. The molecule has 4 aromatic rings. The van der Waals surface area contributed by atoms with Crippen molar-refractivity contribution in [2.24, 2.45) is 5.92 Å². The maximum absolute atomic E-state index is 14.3. The molecular formula is C24H21F4N5O2. The van der Waals surface area contributed by atoms with Gasteiger partial charge < -0.3 is 10.3 Å². The van der Waals surface area contributed by atoms with E-state index >= 15 is 0 Å². The number of hydrogen-bond acceptors (Lipinski definition) is 4. The summed E-state index contributed by atoms with van der Waals surface area (Å²) in [6, 6.07) is 9.54. The van der Waals surface area contributed by atoms with E-state index < -0.39 is 35.7 Å². The van der Waals surface area contributed by atoms with Gasteiger partial charge in [-0.05, 0) is 36.6 Å². The van der Waals surface area contributed by atoms with Gasteiger partial charge in [-0.25, -0.2) is 9.37 Å². The summed E-state index contributed by atoms with van der Waals surface area (Å²) in [7, 11) is 0. The van der Waals surface area contributed by atoms with E-state index in [4.69, 9.17) is 0 Å². The summed E-state index contributed by atoms with van der Waals surface area (Å²) in [5.41, 5.74) is -1.70. The molecule has 1 amide bonds. The van der Waals surface area contributed by atoms with Gasteiger partial charge in [-0.2, -0.15) is 13.2 Å². The quantitative estimate of drug-likeness (QED) is 0.383. The van der Waals surface area contributed by atoms with Crippen molar-refractivity contribution in [1.29, 1.82) is 0 Å². The largest absolute Gasteiger partial charge is 0.431 e. The SMILES string of the molecule is CC(C)Cc1ncc(F)c2nc(Cn3c(C(F)(F)F)ccc(NC(=O)c4ccccc4)c3=O)[nH]c12. The summed E-state index contributed by atoms with van der Waals surface area (Å²) in [4.78, 5) is 36.5. The summed E-state index contributed by atoms with van der Waals surface area (Å²) >= 11 is 0. The number of carbonyl (C=O) groups is 1. The number of carbonyl (C=O) groups excluding carboxylic acids is 1. The number of aromatic amines is 1. The molecule has 0 atom stereocenters. The number of hydrogen-bond donors (Lipinski definition) is 2. The number of nitrogens with one attached hydrogen (secondary N) is 2. The third-order valence-electron chi connectivity index (χ3n) is 5.26. The average Bonchev–Trinajstić information content (AvgIpc) is 3.23. The molecule has 3 heterocycles. The van der Waals surface area contributed by atoms with E-state index in [1.807, 2.05) is 13.8 Å². The van der Waals surface area contributed by atoms with Crippen molar-refractivity contribution >= 4 is 22.6 Å². The van der Waals surface area contributed by atoms with Crippen molar-refractivity contribution in [3.63, 3.8) is 0 Å². The molecule has 0 aliphatic heterocycles. The first kappa shape index (κ1) is 24.1. The van der Waals surface area contributed by atoms with Gasteiger partial charge in [0.25, 0.3) is 11.5 Å². The molecule has 1 aromatic carbocycles. The molecule has 0 radical (unpaired) electrons. The van der Waals surface area contributed by atoms with E-state index in [1.54, 1.807) is 18.2 Å². The highest BCUT2D eigenvalue weighted by molar-refractivity contribution is 6.04. The van der Waals surface area contributed by atoms with Crippen LogP contribution in [0.15, 0.2) is 53.5 Å². The Bertz CT molecular complexity index is 1440. The van der Waals surface area contributed by atoms with Crippen LogP contribution in [0, 0.1) is 11.7 Å². The van der Waals surface area contributed by atoms with Crippen LogP contribution in [-0.4, -0.2) is 25.4 Å². The van der Waals surface area contributed by atoms with E-state index in [2.05, 4.69) is 20.3 Å². The molecule has 2 N–H and O–H groups in total. The first-order valence-electron chi connectivity index (χ1n) is 10.7. The van der Waals surface area contributed by atoms with E-state index in [-0.39, 0.29) is 34.0 Å². The monoisotopic (exact) mass is 487 g/mol. The number of halogens is 4. The molecule has 4 rings (SSSR count). The second kappa shape index (κ2) is 9.32. The smallest absolute Gasteiger partial charge is 0.339 e. The Labute approximate surface area is 196 Å². The minimum Gasteiger partial charge on any atom is -0.339 e. The van der Waals surface area contributed by atoms with Crippen molar-refractivity contribution in [3.8, 4) is 0 Å². The molecule has 0 aliphatic rings. The number of amides is 1. The lowest BCUT2D eigenvalue weighted by atomic mass is 10.1. The highest BCUT2D eigenvalue weighted by Gasteiger charge is 2.35. The van der Waals surface area contributed by atoms with Gasteiger partial charge in [0.2, 0.25) is 0 Å². The Morgan fingerprint density at radius 3 is 2.51 bits per heavy atom. The van der Waals surface area contributed by atoms with Crippen molar-refractivity contribution < 1.29 is 22.4 Å². The fourth-order valence-corrected chi connectivity index (χ4v) is 3.69. The van der Waals surface area contributed by atoms with Gasteiger partial charge in [0, 0.05) is 5.56 Å². The van der Waals surface area contributed by atoms with Gasteiger partial charge in [-0.15, -0.1) is 0 Å². The lowest BCUT2D eigenvalue weighted by Crippen LogP contribution is -2.31. The normalized spacial score (nSPS) is 11.9. The minimum absolute atomic E-state index is 0.0592. The number of imidazole rings is 1. The molecule has 0 fully saturated rings. The van der Waals surface area contributed by atoms with Gasteiger partial charge in [-0.1, -0.05) is 32.0 Å².